The van der Waals surface area contributed by atoms with E-state index in [0.717, 1.165) is 24.2 Å². The van der Waals surface area contributed by atoms with Gasteiger partial charge in [0.05, 0.1) is 17.8 Å². The van der Waals surface area contributed by atoms with E-state index in [-0.39, 0.29) is 35.1 Å². The Morgan fingerprint density at radius 3 is 2.83 bits per heavy atom. The molecule has 1 fully saturated rings. The molecule has 0 saturated heterocycles. The second-order valence-corrected chi connectivity index (χ2v) is 8.30. The first kappa shape index (κ1) is 21.1. The number of nitrogens with zero attached hydrogens (tertiary/aromatic N) is 3. The van der Waals surface area contributed by atoms with Crippen LogP contribution in [0.1, 0.15) is 55.9 Å². The molecule has 1 heterocycles. The molecule has 0 spiro atoms. The number of rotatable bonds is 10. The summed E-state index contributed by atoms with van der Waals surface area (Å²) in [4.78, 5) is 27.5. The van der Waals surface area contributed by atoms with Crippen LogP contribution < -0.4 is 10.1 Å². The van der Waals surface area contributed by atoms with Gasteiger partial charge in [0.2, 0.25) is 11.8 Å². The number of benzene rings is 1. The van der Waals surface area contributed by atoms with Crippen molar-refractivity contribution in [3.63, 3.8) is 0 Å². The zero-order chi connectivity index (χ0) is 21.0. The quantitative estimate of drug-likeness (QED) is 0.457. The first-order valence-corrected chi connectivity index (χ1v) is 10.6. The van der Waals surface area contributed by atoms with Gasteiger partial charge >= 0.3 is 5.69 Å². The van der Waals surface area contributed by atoms with Crippen molar-refractivity contribution in [2.75, 3.05) is 12.9 Å². The minimum Gasteiger partial charge on any atom is -0.490 e. The fourth-order valence-electron chi connectivity index (χ4n) is 2.84. The van der Waals surface area contributed by atoms with E-state index in [9.17, 15) is 14.9 Å². The first-order valence-electron chi connectivity index (χ1n) is 9.41. The average molecular weight is 420 g/mol. The summed E-state index contributed by atoms with van der Waals surface area (Å²) in [6.07, 6.45) is 2.16. The Morgan fingerprint density at radius 2 is 2.21 bits per heavy atom. The van der Waals surface area contributed by atoms with E-state index < -0.39 is 4.92 Å². The van der Waals surface area contributed by atoms with E-state index in [0.29, 0.717) is 17.6 Å². The van der Waals surface area contributed by atoms with Gasteiger partial charge in [0.25, 0.3) is 0 Å². The predicted octanol–water partition coefficient (Wildman–Crippen LogP) is 3.61. The molecule has 2 aromatic rings. The lowest BCUT2D eigenvalue weighted by Crippen LogP contribution is -2.33. The normalized spacial score (nSPS) is 14.6. The summed E-state index contributed by atoms with van der Waals surface area (Å²) in [6, 6.07) is 4.45. The monoisotopic (exact) mass is 420 g/mol. The molecule has 3 rings (SSSR count). The van der Waals surface area contributed by atoms with Crippen LogP contribution in [0.15, 0.2) is 22.7 Å². The Balaban J connectivity index is 1.54. The van der Waals surface area contributed by atoms with Crippen LogP contribution in [-0.4, -0.2) is 33.8 Å². The molecule has 1 unspecified atom stereocenters. The van der Waals surface area contributed by atoms with Gasteiger partial charge in [-0.1, -0.05) is 25.1 Å². The molecule has 1 N–H and O–H groups in total. The molecule has 0 radical (unpaired) electrons. The van der Waals surface area contributed by atoms with E-state index in [4.69, 9.17) is 9.26 Å². The molecule has 1 atom stereocenters. The number of thioether (sulfide) groups is 1. The van der Waals surface area contributed by atoms with Crippen LogP contribution in [0.4, 0.5) is 5.69 Å². The molecule has 1 aliphatic rings. The minimum atomic E-state index is -0.479. The number of nitro benzene ring substituents is 1. The molecule has 156 valence electrons. The molecule has 1 amide bonds. The highest BCUT2D eigenvalue weighted by atomic mass is 32.2. The molecule has 1 aromatic carbocycles. The molecule has 1 aromatic heterocycles. The van der Waals surface area contributed by atoms with Gasteiger partial charge in [0.1, 0.15) is 6.04 Å². The number of aromatic nitrogens is 2. The second-order valence-electron chi connectivity index (χ2n) is 7.31. The zero-order valence-corrected chi connectivity index (χ0v) is 17.4. The van der Waals surface area contributed by atoms with Crippen molar-refractivity contribution in [3.8, 4) is 5.75 Å². The van der Waals surface area contributed by atoms with E-state index in [1.165, 1.54) is 24.9 Å². The Labute approximate surface area is 172 Å². The lowest BCUT2D eigenvalue weighted by molar-refractivity contribution is -0.385. The average Bonchev–Trinajstić information content (AvgIpc) is 3.43. The summed E-state index contributed by atoms with van der Waals surface area (Å²) in [5, 5.41) is 18.1. The van der Waals surface area contributed by atoms with Crippen LogP contribution in [0.2, 0.25) is 0 Å². The van der Waals surface area contributed by atoms with Crippen molar-refractivity contribution < 1.29 is 19.0 Å². The SMILES string of the molecule is COc1ccc(CSCC(=O)NC(c2nc(C3CC3)no2)C(C)C)cc1[N+](=O)[O-]. The Bertz CT molecular complexity index is 881. The maximum atomic E-state index is 12.4. The maximum Gasteiger partial charge on any atom is 0.311 e. The van der Waals surface area contributed by atoms with Gasteiger partial charge in [-0.2, -0.15) is 4.98 Å². The summed E-state index contributed by atoms with van der Waals surface area (Å²) in [7, 11) is 1.39. The van der Waals surface area contributed by atoms with Crippen LogP contribution in [0.25, 0.3) is 0 Å². The molecule has 0 bridgehead atoms. The van der Waals surface area contributed by atoms with Gasteiger partial charge in [-0.3, -0.25) is 14.9 Å². The number of carbonyl (C=O) groups excluding carboxylic acids is 1. The third-order valence-corrected chi connectivity index (χ3v) is 5.59. The Kier molecular flexibility index (Phi) is 6.73. The minimum absolute atomic E-state index is 0.0854. The number of hydrogen-bond acceptors (Lipinski definition) is 8. The van der Waals surface area contributed by atoms with Gasteiger partial charge in [-0.25, -0.2) is 0 Å². The summed E-state index contributed by atoms with van der Waals surface area (Å²) < 4.78 is 10.4. The van der Waals surface area contributed by atoms with Crippen molar-refractivity contribution in [3.05, 3.63) is 45.6 Å². The number of hydrogen-bond donors (Lipinski definition) is 1. The van der Waals surface area contributed by atoms with Gasteiger partial charge in [0, 0.05) is 17.7 Å². The third kappa shape index (κ3) is 5.47. The van der Waals surface area contributed by atoms with Crippen LogP contribution in [0.3, 0.4) is 0 Å². The summed E-state index contributed by atoms with van der Waals surface area (Å²) in [6.45, 7) is 3.96. The molecular formula is C19H24N4O5S. The van der Waals surface area contributed by atoms with Crippen molar-refractivity contribution >= 4 is 23.4 Å². The maximum absolute atomic E-state index is 12.4. The van der Waals surface area contributed by atoms with Gasteiger partial charge in [-0.05, 0) is 30.4 Å². The van der Waals surface area contributed by atoms with Crippen LogP contribution in [-0.2, 0) is 10.5 Å². The smallest absolute Gasteiger partial charge is 0.311 e. The molecule has 1 aliphatic carbocycles. The van der Waals surface area contributed by atoms with E-state index in [2.05, 4.69) is 15.5 Å². The van der Waals surface area contributed by atoms with Crippen LogP contribution in [0, 0.1) is 16.0 Å². The molecule has 10 heteroatoms. The fraction of sp³-hybridized carbons (Fsp3) is 0.526. The molecule has 9 nitrogen and oxygen atoms in total. The number of methoxy groups -OCH3 is 1. The second kappa shape index (κ2) is 9.25. The third-order valence-electron chi connectivity index (χ3n) is 4.59. The summed E-state index contributed by atoms with van der Waals surface area (Å²) >= 11 is 1.38. The van der Waals surface area contributed by atoms with Crippen molar-refractivity contribution in [2.24, 2.45) is 5.92 Å². The lowest BCUT2D eigenvalue weighted by atomic mass is 10.0. The zero-order valence-electron chi connectivity index (χ0n) is 16.6. The Hall–Kier alpha value is -2.62. The topological polar surface area (TPSA) is 120 Å². The summed E-state index contributed by atoms with van der Waals surface area (Å²) in [5.41, 5.74) is 0.666. The Morgan fingerprint density at radius 1 is 1.45 bits per heavy atom. The predicted molar refractivity (Wildman–Crippen MR) is 108 cm³/mol. The number of nitrogens with one attached hydrogen (secondary N) is 1. The number of nitro groups is 1. The molecule has 0 aliphatic heterocycles. The van der Waals surface area contributed by atoms with E-state index in [1.54, 1.807) is 12.1 Å². The number of ether oxygens (including phenoxy) is 1. The van der Waals surface area contributed by atoms with Crippen LogP contribution in [0.5, 0.6) is 5.75 Å². The highest BCUT2D eigenvalue weighted by molar-refractivity contribution is 7.99. The van der Waals surface area contributed by atoms with Crippen LogP contribution >= 0.6 is 11.8 Å². The van der Waals surface area contributed by atoms with Gasteiger partial charge < -0.3 is 14.6 Å². The summed E-state index contributed by atoms with van der Waals surface area (Å²) in [5.74, 6) is 2.39. The lowest BCUT2D eigenvalue weighted by Gasteiger charge is -2.18. The molecule has 29 heavy (non-hydrogen) atoms. The van der Waals surface area contributed by atoms with E-state index >= 15 is 0 Å². The van der Waals surface area contributed by atoms with Gasteiger partial charge in [0.15, 0.2) is 11.6 Å². The number of carbonyl (C=O) groups is 1. The molecular weight excluding hydrogens is 396 g/mol. The van der Waals surface area contributed by atoms with E-state index in [1.807, 2.05) is 13.8 Å². The first-order chi connectivity index (χ1) is 13.9. The van der Waals surface area contributed by atoms with Gasteiger partial charge in [-0.15, -0.1) is 11.8 Å². The largest absolute Gasteiger partial charge is 0.490 e. The fourth-order valence-corrected chi connectivity index (χ4v) is 3.63. The van der Waals surface area contributed by atoms with Crippen molar-refractivity contribution in [1.29, 1.82) is 0 Å². The highest BCUT2D eigenvalue weighted by Gasteiger charge is 2.31. The standard InChI is InChI=1S/C19H24N4O5S/c1-11(2)17(19-21-18(22-28-19)13-5-6-13)20-16(24)10-29-9-12-4-7-15(27-3)14(8-12)23(25)26/h4,7-8,11,13,17H,5-6,9-10H2,1-3H3,(H,20,24). The van der Waals surface area contributed by atoms with Crippen molar-refractivity contribution in [2.45, 2.75) is 44.4 Å². The van der Waals surface area contributed by atoms with Crippen molar-refractivity contribution in [1.82, 2.24) is 15.5 Å². The number of amides is 1. The highest BCUT2D eigenvalue weighted by Crippen LogP contribution is 2.38. The molecule has 1 saturated carbocycles.